The van der Waals surface area contributed by atoms with Crippen LogP contribution < -0.4 is 0 Å². The molecule has 1 heterocycles. The molecule has 1 rings (SSSR count). The SMILES string of the molecule is N#CC(O)C(O)c1ccc(Cl)nc1C(=O)O. The van der Waals surface area contributed by atoms with Crippen molar-refractivity contribution in [3.63, 3.8) is 0 Å². The fourth-order valence-electron chi connectivity index (χ4n) is 1.10. The van der Waals surface area contributed by atoms with E-state index in [1.165, 1.54) is 18.2 Å². The number of hydrogen-bond acceptors (Lipinski definition) is 5. The summed E-state index contributed by atoms with van der Waals surface area (Å²) in [7, 11) is 0. The Morgan fingerprint density at radius 1 is 1.50 bits per heavy atom. The van der Waals surface area contributed by atoms with E-state index in [4.69, 9.17) is 27.1 Å². The highest BCUT2D eigenvalue weighted by atomic mass is 35.5. The quantitative estimate of drug-likeness (QED) is 0.520. The number of aliphatic hydroxyl groups excluding tert-OH is 2. The molecule has 0 saturated heterocycles. The lowest BCUT2D eigenvalue weighted by Crippen LogP contribution is -2.19. The first kappa shape index (κ1) is 12.4. The normalized spacial score (nSPS) is 13.9. The van der Waals surface area contributed by atoms with Crippen LogP contribution in [0, 0.1) is 11.3 Å². The Balaban J connectivity index is 3.23. The lowest BCUT2D eigenvalue weighted by molar-refractivity contribution is 0.0493. The monoisotopic (exact) mass is 242 g/mol. The molecular formula is C9H7ClN2O4. The Morgan fingerprint density at radius 3 is 2.62 bits per heavy atom. The fourth-order valence-corrected chi connectivity index (χ4v) is 1.24. The van der Waals surface area contributed by atoms with Crippen molar-refractivity contribution >= 4 is 17.6 Å². The van der Waals surface area contributed by atoms with Gasteiger partial charge in [-0.15, -0.1) is 0 Å². The molecule has 0 aliphatic rings. The highest BCUT2D eigenvalue weighted by Gasteiger charge is 2.24. The van der Waals surface area contributed by atoms with Gasteiger partial charge in [0.2, 0.25) is 0 Å². The van der Waals surface area contributed by atoms with Crippen LogP contribution in [-0.4, -0.2) is 32.4 Å². The fraction of sp³-hybridized carbons (Fsp3) is 0.222. The van der Waals surface area contributed by atoms with Gasteiger partial charge >= 0.3 is 5.97 Å². The molecule has 0 saturated carbocycles. The average Bonchev–Trinajstić information content (AvgIpc) is 2.26. The van der Waals surface area contributed by atoms with Crippen LogP contribution in [0.15, 0.2) is 12.1 Å². The summed E-state index contributed by atoms with van der Waals surface area (Å²) in [6.45, 7) is 0. The number of hydrogen-bond donors (Lipinski definition) is 3. The molecule has 0 amide bonds. The first-order chi connectivity index (χ1) is 7.47. The molecule has 0 spiro atoms. The topological polar surface area (TPSA) is 114 Å². The van der Waals surface area contributed by atoms with Crippen molar-refractivity contribution in [2.24, 2.45) is 0 Å². The molecular weight excluding hydrogens is 236 g/mol. The zero-order valence-electron chi connectivity index (χ0n) is 7.83. The van der Waals surface area contributed by atoms with Crippen LogP contribution in [0.2, 0.25) is 5.15 Å². The lowest BCUT2D eigenvalue weighted by atomic mass is 10.0. The number of pyridine rings is 1. The first-order valence-corrected chi connectivity index (χ1v) is 4.50. The molecule has 16 heavy (non-hydrogen) atoms. The maximum atomic E-state index is 10.8. The van der Waals surface area contributed by atoms with E-state index in [1.54, 1.807) is 0 Å². The van der Waals surface area contributed by atoms with Gasteiger partial charge in [0, 0.05) is 5.56 Å². The molecule has 0 aliphatic carbocycles. The zero-order valence-corrected chi connectivity index (χ0v) is 8.59. The number of carboxylic acids is 1. The standard InChI is InChI=1S/C9H7ClN2O4/c10-6-2-1-4(7(12-6)9(15)16)8(14)5(13)3-11/h1-2,5,8,13-14H,(H,15,16). The number of carboxylic acid groups (broad SMARTS) is 1. The van der Waals surface area contributed by atoms with Crippen molar-refractivity contribution in [3.05, 3.63) is 28.5 Å². The molecule has 2 atom stereocenters. The Bertz CT molecular complexity index is 457. The van der Waals surface area contributed by atoms with Crippen LogP contribution in [0.5, 0.6) is 0 Å². The molecule has 0 aliphatic heterocycles. The molecule has 0 bridgehead atoms. The van der Waals surface area contributed by atoms with Gasteiger partial charge in [-0.1, -0.05) is 17.7 Å². The van der Waals surface area contributed by atoms with Gasteiger partial charge in [-0.25, -0.2) is 9.78 Å². The number of aliphatic hydroxyl groups is 2. The average molecular weight is 243 g/mol. The molecule has 0 aromatic carbocycles. The van der Waals surface area contributed by atoms with Crippen LogP contribution in [0.25, 0.3) is 0 Å². The van der Waals surface area contributed by atoms with Crippen LogP contribution in [0.3, 0.4) is 0 Å². The van der Waals surface area contributed by atoms with Crippen molar-refractivity contribution in [1.29, 1.82) is 5.26 Å². The van der Waals surface area contributed by atoms with E-state index >= 15 is 0 Å². The summed E-state index contributed by atoms with van der Waals surface area (Å²) in [6, 6.07) is 3.85. The predicted molar refractivity (Wildman–Crippen MR) is 52.8 cm³/mol. The zero-order chi connectivity index (χ0) is 12.3. The van der Waals surface area contributed by atoms with Crippen molar-refractivity contribution in [3.8, 4) is 6.07 Å². The summed E-state index contributed by atoms with van der Waals surface area (Å²) >= 11 is 5.50. The largest absolute Gasteiger partial charge is 0.476 e. The minimum Gasteiger partial charge on any atom is -0.476 e. The number of halogens is 1. The summed E-state index contributed by atoms with van der Waals surface area (Å²) < 4.78 is 0. The molecule has 1 aromatic rings. The van der Waals surface area contributed by atoms with Gasteiger partial charge in [0.1, 0.15) is 11.3 Å². The minimum atomic E-state index is -1.72. The number of aromatic nitrogens is 1. The Hall–Kier alpha value is -1.68. The maximum absolute atomic E-state index is 10.8. The number of carbonyl (C=O) groups is 1. The molecule has 7 heteroatoms. The van der Waals surface area contributed by atoms with E-state index in [-0.39, 0.29) is 10.7 Å². The van der Waals surface area contributed by atoms with Gasteiger partial charge in [0.15, 0.2) is 11.8 Å². The lowest BCUT2D eigenvalue weighted by Gasteiger charge is -2.13. The summed E-state index contributed by atoms with van der Waals surface area (Å²) in [6.07, 6.45) is -3.36. The highest BCUT2D eigenvalue weighted by molar-refractivity contribution is 6.29. The second-order valence-corrected chi connectivity index (χ2v) is 3.28. The molecule has 84 valence electrons. The van der Waals surface area contributed by atoms with E-state index in [1.807, 2.05) is 0 Å². The van der Waals surface area contributed by atoms with Gasteiger partial charge < -0.3 is 15.3 Å². The summed E-state index contributed by atoms with van der Waals surface area (Å²) in [4.78, 5) is 14.3. The third kappa shape index (κ3) is 2.46. The van der Waals surface area contributed by atoms with Gasteiger partial charge in [0.25, 0.3) is 0 Å². The van der Waals surface area contributed by atoms with Crippen molar-refractivity contribution in [2.45, 2.75) is 12.2 Å². The van der Waals surface area contributed by atoms with E-state index in [0.29, 0.717) is 0 Å². The van der Waals surface area contributed by atoms with E-state index in [0.717, 1.165) is 0 Å². The molecule has 2 unspecified atom stereocenters. The maximum Gasteiger partial charge on any atom is 0.354 e. The summed E-state index contributed by atoms with van der Waals surface area (Å²) in [5.74, 6) is -1.40. The van der Waals surface area contributed by atoms with Gasteiger partial charge in [0.05, 0.1) is 6.07 Å². The van der Waals surface area contributed by atoms with Gasteiger partial charge in [-0.2, -0.15) is 5.26 Å². The smallest absolute Gasteiger partial charge is 0.354 e. The van der Waals surface area contributed by atoms with Crippen molar-refractivity contribution in [1.82, 2.24) is 4.98 Å². The number of rotatable bonds is 3. The van der Waals surface area contributed by atoms with E-state index < -0.39 is 23.9 Å². The van der Waals surface area contributed by atoms with Crippen LogP contribution in [-0.2, 0) is 0 Å². The first-order valence-electron chi connectivity index (χ1n) is 4.13. The van der Waals surface area contributed by atoms with Crippen LogP contribution in [0.1, 0.15) is 22.2 Å². The van der Waals surface area contributed by atoms with Crippen LogP contribution in [0.4, 0.5) is 0 Å². The van der Waals surface area contributed by atoms with Gasteiger partial charge in [-0.3, -0.25) is 0 Å². The van der Waals surface area contributed by atoms with E-state index in [2.05, 4.69) is 4.98 Å². The number of nitrogens with zero attached hydrogens (tertiary/aromatic N) is 2. The molecule has 1 aromatic heterocycles. The Kier molecular flexibility index (Phi) is 3.79. The Morgan fingerprint density at radius 2 is 2.12 bits per heavy atom. The summed E-state index contributed by atoms with van der Waals surface area (Å²) in [5.41, 5.74) is -0.653. The third-order valence-electron chi connectivity index (χ3n) is 1.85. The molecule has 0 radical (unpaired) electrons. The van der Waals surface area contributed by atoms with Crippen molar-refractivity contribution in [2.75, 3.05) is 0 Å². The predicted octanol–water partition coefficient (Wildman–Crippen LogP) is 0.351. The Labute approximate surface area is 95.4 Å². The van der Waals surface area contributed by atoms with E-state index in [9.17, 15) is 9.90 Å². The second kappa shape index (κ2) is 4.90. The second-order valence-electron chi connectivity index (χ2n) is 2.90. The third-order valence-corrected chi connectivity index (χ3v) is 2.06. The highest BCUT2D eigenvalue weighted by Crippen LogP contribution is 2.21. The van der Waals surface area contributed by atoms with Crippen LogP contribution >= 0.6 is 11.6 Å². The molecule has 6 nitrogen and oxygen atoms in total. The molecule has 0 fully saturated rings. The number of nitriles is 1. The summed E-state index contributed by atoms with van der Waals surface area (Å²) in [5, 5.41) is 35.7. The van der Waals surface area contributed by atoms with Gasteiger partial charge in [-0.05, 0) is 6.07 Å². The minimum absolute atomic E-state index is 0.0557. The molecule has 3 N–H and O–H groups in total. The number of aromatic carboxylic acids is 1. The van der Waals surface area contributed by atoms with Crippen molar-refractivity contribution < 1.29 is 20.1 Å².